The van der Waals surface area contributed by atoms with E-state index in [9.17, 15) is 18.4 Å². The Morgan fingerprint density at radius 3 is 2.59 bits per heavy atom. The van der Waals surface area contributed by atoms with Gasteiger partial charge in [0.2, 0.25) is 11.8 Å². The Balaban J connectivity index is 0.00000261. The molecule has 2 saturated heterocycles. The fourth-order valence-corrected chi connectivity index (χ4v) is 3.44. The first-order chi connectivity index (χ1) is 12.5. The zero-order valence-corrected chi connectivity index (χ0v) is 15.6. The predicted octanol–water partition coefficient (Wildman–Crippen LogP) is 2.32. The molecule has 2 aliphatic rings. The molecule has 2 heterocycles. The minimum absolute atomic E-state index is 0. The van der Waals surface area contributed by atoms with E-state index in [1.807, 2.05) is 0 Å². The van der Waals surface area contributed by atoms with Gasteiger partial charge in [-0.05, 0) is 56.5 Å². The Hall–Kier alpha value is -1.93. The van der Waals surface area contributed by atoms with Crippen LogP contribution in [-0.4, -0.2) is 44.1 Å². The maximum Gasteiger partial charge on any atom is 0.387 e. The van der Waals surface area contributed by atoms with E-state index in [1.54, 1.807) is 17.0 Å². The largest absolute Gasteiger partial charge is 0.435 e. The lowest BCUT2D eigenvalue weighted by atomic mass is 9.97. The Bertz CT molecular complexity index is 639. The molecule has 0 spiro atoms. The maximum absolute atomic E-state index is 12.8. The van der Waals surface area contributed by atoms with Gasteiger partial charge < -0.3 is 20.3 Å². The minimum atomic E-state index is -2.88. The van der Waals surface area contributed by atoms with E-state index in [1.165, 1.54) is 12.1 Å². The highest BCUT2D eigenvalue weighted by Gasteiger charge is 2.32. The molecule has 1 aromatic rings. The first-order valence-corrected chi connectivity index (χ1v) is 8.92. The highest BCUT2D eigenvalue weighted by Crippen LogP contribution is 2.25. The smallest absolute Gasteiger partial charge is 0.387 e. The van der Waals surface area contributed by atoms with Gasteiger partial charge in [-0.3, -0.25) is 9.59 Å². The molecule has 2 N–H and O–H groups in total. The van der Waals surface area contributed by atoms with Crippen molar-refractivity contribution in [2.24, 2.45) is 5.92 Å². The van der Waals surface area contributed by atoms with Crippen LogP contribution in [0.5, 0.6) is 5.75 Å². The summed E-state index contributed by atoms with van der Waals surface area (Å²) >= 11 is 0. The van der Waals surface area contributed by atoms with Crippen LogP contribution in [-0.2, 0) is 9.59 Å². The molecular formula is C18H24ClF2N3O3. The van der Waals surface area contributed by atoms with E-state index in [-0.39, 0.29) is 35.9 Å². The number of nitrogens with zero attached hydrogens (tertiary/aromatic N) is 1. The van der Waals surface area contributed by atoms with E-state index < -0.39 is 12.7 Å². The predicted molar refractivity (Wildman–Crippen MR) is 99.4 cm³/mol. The van der Waals surface area contributed by atoms with Crippen LogP contribution in [0.2, 0.25) is 0 Å². The van der Waals surface area contributed by atoms with E-state index in [0.717, 1.165) is 25.8 Å². The lowest BCUT2D eigenvalue weighted by Gasteiger charge is -2.34. The third-order valence-electron chi connectivity index (χ3n) is 4.80. The van der Waals surface area contributed by atoms with Crippen LogP contribution in [0.25, 0.3) is 0 Å². The number of piperidine rings is 2. The van der Waals surface area contributed by atoms with Gasteiger partial charge in [0.05, 0.1) is 5.92 Å². The summed E-state index contributed by atoms with van der Waals surface area (Å²) in [7, 11) is 0. The molecule has 27 heavy (non-hydrogen) atoms. The molecule has 150 valence electrons. The Morgan fingerprint density at radius 1 is 1.22 bits per heavy atom. The number of anilines is 1. The van der Waals surface area contributed by atoms with Crippen LogP contribution in [0.15, 0.2) is 24.3 Å². The normalized spacial score (nSPS) is 22.9. The van der Waals surface area contributed by atoms with Gasteiger partial charge in [0.25, 0.3) is 0 Å². The molecule has 0 aliphatic carbocycles. The number of benzene rings is 1. The summed E-state index contributed by atoms with van der Waals surface area (Å²) in [5.41, 5.74) is 0.606. The number of nitrogens with one attached hydrogen (secondary N) is 2. The molecule has 0 aromatic heterocycles. The number of carbonyl (C=O) groups excluding carboxylic acids is 2. The first kappa shape index (κ1) is 21.4. The van der Waals surface area contributed by atoms with Gasteiger partial charge in [-0.1, -0.05) is 0 Å². The van der Waals surface area contributed by atoms with Crippen LogP contribution in [0.4, 0.5) is 14.5 Å². The third-order valence-corrected chi connectivity index (χ3v) is 4.80. The SMILES string of the molecule is Cl.O=C(NC1CCCN(c2ccc(OC(F)F)cc2)C1=O)C1CCCNC1. The lowest BCUT2D eigenvalue weighted by Crippen LogP contribution is -2.54. The quantitative estimate of drug-likeness (QED) is 0.791. The number of hydrogen-bond acceptors (Lipinski definition) is 4. The topological polar surface area (TPSA) is 70.7 Å². The second-order valence-electron chi connectivity index (χ2n) is 6.61. The molecule has 2 atom stereocenters. The summed E-state index contributed by atoms with van der Waals surface area (Å²) in [6.45, 7) is -0.787. The van der Waals surface area contributed by atoms with Crippen LogP contribution in [0, 0.1) is 5.92 Å². The lowest BCUT2D eigenvalue weighted by molar-refractivity contribution is -0.131. The monoisotopic (exact) mass is 403 g/mol. The number of carbonyl (C=O) groups is 2. The number of ether oxygens (including phenoxy) is 1. The highest BCUT2D eigenvalue weighted by molar-refractivity contribution is 6.00. The van der Waals surface area contributed by atoms with E-state index >= 15 is 0 Å². The summed E-state index contributed by atoms with van der Waals surface area (Å²) in [6, 6.07) is 5.42. The molecule has 2 aliphatic heterocycles. The fourth-order valence-electron chi connectivity index (χ4n) is 3.44. The summed E-state index contributed by atoms with van der Waals surface area (Å²) in [4.78, 5) is 26.7. The van der Waals surface area contributed by atoms with Crippen molar-refractivity contribution in [3.8, 4) is 5.75 Å². The van der Waals surface area contributed by atoms with Crippen LogP contribution >= 0.6 is 12.4 Å². The number of halogens is 3. The van der Waals surface area contributed by atoms with Gasteiger partial charge in [0, 0.05) is 18.8 Å². The van der Waals surface area contributed by atoms with Crippen molar-refractivity contribution in [2.45, 2.75) is 38.3 Å². The second kappa shape index (κ2) is 9.85. The molecule has 9 heteroatoms. The molecule has 0 bridgehead atoms. The molecule has 1 aromatic carbocycles. The second-order valence-corrected chi connectivity index (χ2v) is 6.61. The zero-order valence-electron chi connectivity index (χ0n) is 14.8. The Morgan fingerprint density at radius 2 is 1.96 bits per heavy atom. The minimum Gasteiger partial charge on any atom is -0.435 e. The van der Waals surface area contributed by atoms with Gasteiger partial charge in [-0.15, -0.1) is 12.4 Å². The maximum atomic E-state index is 12.8. The Kier molecular flexibility index (Phi) is 7.79. The Labute approximate surface area is 163 Å². The molecule has 3 rings (SSSR count). The van der Waals surface area contributed by atoms with Crippen LogP contribution in [0.1, 0.15) is 25.7 Å². The summed E-state index contributed by atoms with van der Waals surface area (Å²) in [6.07, 6.45) is 3.15. The molecule has 0 saturated carbocycles. The molecule has 0 radical (unpaired) electrons. The fraction of sp³-hybridized carbons (Fsp3) is 0.556. The van der Waals surface area contributed by atoms with Gasteiger partial charge in [-0.25, -0.2) is 0 Å². The average molecular weight is 404 g/mol. The van der Waals surface area contributed by atoms with Gasteiger partial charge in [-0.2, -0.15) is 8.78 Å². The van der Waals surface area contributed by atoms with Crippen molar-refractivity contribution >= 4 is 29.9 Å². The number of hydrogen-bond donors (Lipinski definition) is 2. The third kappa shape index (κ3) is 5.52. The van der Waals surface area contributed by atoms with E-state index in [4.69, 9.17) is 0 Å². The van der Waals surface area contributed by atoms with Crippen molar-refractivity contribution in [1.82, 2.24) is 10.6 Å². The molecule has 2 fully saturated rings. The van der Waals surface area contributed by atoms with Crippen LogP contribution in [0.3, 0.4) is 0 Å². The van der Waals surface area contributed by atoms with Crippen molar-refractivity contribution in [3.63, 3.8) is 0 Å². The number of rotatable bonds is 5. The van der Waals surface area contributed by atoms with E-state index in [2.05, 4.69) is 15.4 Å². The van der Waals surface area contributed by atoms with Gasteiger partial charge >= 0.3 is 6.61 Å². The van der Waals surface area contributed by atoms with Crippen molar-refractivity contribution < 1.29 is 23.1 Å². The zero-order chi connectivity index (χ0) is 18.5. The summed E-state index contributed by atoms with van der Waals surface area (Å²) in [5, 5.41) is 6.08. The number of amides is 2. The van der Waals surface area contributed by atoms with Crippen molar-refractivity contribution in [1.29, 1.82) is 0 Å². The highest BCUT2D eigenvalue weighted by atomic mass is 35.5. The molecule has 2 unspecified atom stereocenters. The molecule has 6 nitrogen and oxygen atoms in total. The number of alkyl halides is 2. The average Bonchev–Trinajstić information content (AvgIpc) is 2.64. The van der Waals surface area contributed by atoms with Gasteiger partial charge in [0.1, 0.15) is 11.8 Å². The molecular weight excluding hydrogens is 380 g/mol. The summed E-state index contributed by atoms with van der Waals surface area (Å²) < 4.78 is 28.8. The van der Waals surface area contributed by atoms with Crippen molar-refractivity contribution in [3.05, 3.63) is 24.3 Å². The van der Waals surface area contributed by atoms with Crippen LogP contribution < -0.4 is 20.3 Å². The molecule has 2 amide bonds. The standard InChI is InChI=1S/C18H23F2N3O3.ClH/c19-18(20)26-14-7-5-13(6-8-14)23-10-2-4-15(17(23)25)22-16(24)12-3-1-9-21-11-12;/h5-8,12,15,18,21H,1-4,9-11H2,(H,22,24);1H. The van der Waals surface area contributed by atoms with Crippen molar-refractivity contribution in [2.75, 3.05) is 24.5 Å². The van der Waals surface area contributed by atoms with E-state index in [0.29, 0.717) is 25.2 Å². The van der Waals surface area contributed by atoms with Gasteiger partial charge in [0.15, 0.2) is 0 Å². The summed E-state index contributed by atoms with van der Waals surface area (Å²) in [5.74, 6) is -0.311. The first-order valence-electron chi connectivity index (χ1n) is 8.92.